The number of nitrogens with one attached hydrogen (secondary N) is 1. The first kappa shape index (κ1) is 11.5. The summed E-state index contributed by atoms with van der Waals surface area (Å²) in [6, 6.07) is 0. The Kier molecular flexibility index (Phi) is 2.64. The first-order valence-corrected chi connectivity index (χ1v) is 7.60. The molecule has 0 amide bonds. The Morgan fingerprint density at radius 3 is 2.32 bits per heavy atom. The minimum Gasteiger partial charge on any atom is -0.473 e. The molecule has 0 unspecified atom stereocenters. The molecule has 4 rings (SSSR count). The van der Waals surface area contributed by atoms with Crippen molar-refractivity contribution in [1.29, 1.82) is 0 Å². The first-order chi connectivity index (χ1) is 9.33. The van der Waals surface area contributed by atoms with E-state index < -0.39 is 0 Å². The third kappa shape index (κ3) is 2.17. The maximum atomic E-state index is 11.8. The third-order valence-electron chi connectivity index (χ3n) is 4.68. The molecule has 1 aromatic rings. The fourth-order valence-corrected chi connectivity index (χ4v) is 3.28. The van der Waals surface area contributed by atoms with E-state index in [4.69, 9.17) is 4.74 Å². The van der Waals surface area contributed by atoms with E-state index in [9.17, 15) is 4.79 Å². The van der Waals surface area contributed by atoms with Crippen molar-refractivity contribution < 1.29 is 4.74 Å². The molecular weight excluding hydrogens is 240 g/mol. The lowest BCUT2D eigenvalue weighted by Gasteiger charge is -2.22. The zero-order valence-electron chi connectivity index (χ0n) is 11.2. The van der Waals surface area contributed by atoms with E-state index in [1.165, 1.54) is 25.7 Å². The Morgan fingerprint density at radius 1 is 1.05 bits per heavy atom. The van der Waals surface area contributed by atoms with Gasteiger partial charge in [-0.15, -0.1) is 5.10 Å². The van der Waals surface area contributed by atoms with Crippen molar-refractivity contribution >= 4 is 0 Å². The van der Waals surface area contributed by atoms with Gasteiger partial charge in [-0.1, -0.05) is 0 Å². The standard InChI is InChI=1S/C15H20N2O2/c18-14-11-3-1-2-4-12(11)15(17-16-14)19-13(9-5-6-9)10-7-8-10/h9-10,13H,1-8H2,(H,16,18). The Labute approximate surface area is 112 Å². The molecule has 0 aromatic carbocycles. The van der Waals surface area contributed by atoms with Crippen LogP contribution in [0.4, 0.5) is 0 Å². The van der Waals surface area contributed by atoms with E-state index in [1.807, 2.05) is 0 Å². The van der Waals surface area contributed by atoms with Gasteiger partial charge in [0.1, 0.15) is 6.10 Å². The van der Waals surface area contributed by atoms with Crippen LogP contribution in [-0.2, 0) is 12.8 Å². The summed E-state index contributed by atoms with van der Waals surface area (Å²) in [7, 11) is 0. The zero-order chi connectivity index (χ0) is 12.8. The van der Waals surface area contributed by atoms with Gasteiger partial charge in [0.2, 0.25) is 5.88 Å². The van der Waals surface area contributed by atoms with Gasteiger partial charge in [-0.25, -0.2) is 5.10 Å². The second-order valence-electron chi connectivity index (χ2n) is 6.28. The fourth-order valence-electron chi connectivity index (χ4n) is 3.28. The van der Waals surface area contributed by atoms with Crippen LogP contribution < -0.4 is 10.3 Å². The van der Waals surface area contributed by atoms with Gasteiger partial charge < -0.3 is 4.74 Å². The van der Waals surface area contributed by atoms with Crippen molar-refractivity contribution in [2.24, 2.45) is 11.8 Å². The highest BCUT2D eigenvalue weighted by atomic mass is 16.5. The molecule has 102 valence electrons. The number of ether oxygens (including phenoxy) is 1. The Morgan fingerprint density at radius 2 is 1.68 bits per heavy atom. The molecule has 1 heterocycles. The second-order valence-corrected chi connectivity index (χ2v) is 6.28. The Bertz CT molecular complexity index is 532. The SMILES string of the molecule is O=c1[nH]nc(OC(C2CC2)C2CC2)c2c1CCCC2. The molecular formula is C15H20N2O2. The van der Waals surface area contributed by atoms with Crippen molar-refractivity contribution in [3.63, 3.8) is 0 Å². The number of aromatic amines is 1. The average molecular weight is 260 g/mol. The summed E-state index contributed by atoms with van der Waals surface area (Å²) in [6.45, 7) is 0. The van der Waals surface area contributed by atoms with Crippen LogP contribution in [-0.4, -0.2) is 16.3 Å². The Hall–Kier alpha value is -1.32. The van der Waals surface area contributed by atoms with Gasteiger partial charge in [-0.2, -0.15) is 0 Å². The summed E-state index contributed by atoms with van der Waals surface area (Å²) in [4.78, 5) is 11.8. The number of nitrogens with zero attached hydrogens (tertiary/aromatic N) is 1. The highest BCUT2D eigenvalue weighted by Crippen LogP contribution is 2.46. The van der Waals surface area contributed by atoms with Gasteiger partial charge in [0.25, 0.3) is 5.56 Å². The van der Waals surface area contributed by atoms with Crippen LogP contribution >= 0.6 is 0 Å². The summed E-state index contributed by atoms with van der Waals surface area (Å²) in [6.07, 6.45) is 9.62. The summed E-state index contributed by atoms with van der Waals surface area (Å²) in [5.41, 5.74) is 1.99. The molecule has 3 aliphatic carbocycles. The number of H-pyrrole nitrogens is 1. The Balaban J connectivity index is 1.65. The van der Waals surface area contributed by atoms with Crippen LogP contribution in [0.25, 0.3) is 0 Å². The summed E-state index contributed by atoms with van der Waals surface area (Å²) >= 11 is 0. The molecule has 0 saturated heterocycles. The second kappa shape index (κ2) is 4.36. The molecule has 4 heteroatoms. The highest BCUT2D eigenvalue weighted by Gasteiger charge is 2.43. The van der Waals surface area contributed by atoms with Gasteiger partial charge in [0, 0.05) is 11.1 Å². The highest BCUT2D eigenvalue weighted by molar-refractivity contribution is 5.34. The topological polar surface area (TPSA) is 55.0 Å². The largest absolute Gasteiger partial charge is 0.473 e. The lowest BCUT2D eigenvalue weighted by molar-refractivity contribution is 0.144. The molecule has 0 radical (unpaired) electrons. The van der Waals surface area contributed by atoms with E-state index in [0.29, 0.717) is 6.10 Å². The van der Waals surface area contributed by atoms with Crippen LogP contribution in [0.2, 0.25) is 0 Å². The predicted octanol–water partition coefficient (Wildman–Crippen LogP) is 2.22. The smallest absolute Gasteiger partial charge is 0.267 e. The average Bonchev–Trinajstić information content (AvgIpc) is 3.30. The summed E-state index contributed by atoms with van der Waals surface area (Å²) < 4.78 is 6.23. The van der Waals surface area contributed by atoms with E-state index in [0.717, 1.165) is 54.5 Å². The van der Waals surface area contributed by atoms with E-state index in [1.54, 1.807) is 0 Å². The van der Waals surface area contributed by atoms with Crippen LogP contribution in [0.1, 0.15) is 49.7 Å². The van der Waals surface area contributed by atoms with Gasteiger partial charge in [-0.05, 0) is 63.2 Å². The molecule has 2 saturated carbocycles. The molecule has 1 aromatic heterocycles. The van der Waals surface area contributed by atoms with Gasteiger partial charge in [0.05, 0.1) is 0 Å². The van der Waals surface area contributed by atoms with Crippen LogP contribution in [0, 0.1) is 11.8 Å². The lowest BCUT2D eigenvalue weighted by atomic mass is 9.94. The molecule has 2 fully saturated rings. The number of fused-ring (bicyclic) bond motifs is 1. The van der Waals surface area contributed by atoms with Gasteiger partial charge in [-0.3, -0.25) is 4.79 Å². The number of hydrogen-bond donors (Lipinski definition) is 1. The minimum absolute atomic E-state index is 0.0172. The summed E-state index contributed by atoms with van der Waals surface area (Å²) in [5, 5.41) is 6.81. The first-order valence-electron chi connectivity index (χ1n) is 7.60. The van der Waals surface area contributed by atoms with Crippen LogP contribution in [0.5, 0.6) is 5.88 Å². The van der Waals surface area contributed by atoms with Crippen LogP contribution in [0.3, 0.4) is 0 Å². The molecule has 1 N–H and O–H groups in total. The fraction of sp³-hybridized carbons (Fsp3) is 0.733. The van der Waals surface area contributed by atoms with E-state index in [-0.39, 0.29) is 5.56 Å². The molecule has 3 aliphatic rings. The predicted molar refractivity (Wildman–Crippen MR) is 71.4 cm³/mol. The molecule has 4 nitrogen and oxygen atoms in total. The third-order valence-corrected chi connectivity index (χ3v) is 4.68. The van der Waals surface area contributed by atoms with E-state index in [2.05, 4.69) is 10.2 Å². The molecule has 0 aliphatic heterocycles. The molecule has 0 bridgehead atoms. The minimum atomic E-state index is -0.0172. The maximum Gasteiger partial charge on any atom is 0.267 e. The van der Waals surface area contributed by atoms with Gasteiger partial charge >= 0.3 is 0 Å². The monoisotopic (exact) mass is 260 g/mol. The molecule has 19 heavy (non-hydrogen) atoms. The van der Waals surface area contributed by atoms with Crippen molar-refractivity contribution in [2.45, 2.75) is 57.5 Å². The number of aromatic nitrogens is 2. The van der Waals surface area contributed by atoms with E-state index >= 15 is 0 Å². The number of rotatable bonds is 4. The summed E-state index contributed by atoms with van der Waals surface area (Å²) in [5.74, 6) is 2.19. The van der Waals surface area contributed by atoms with Crippen molar-refractivity contribution in [3.05, 3.63) is 21.5 Å². The molecule has 0 spiro atoms. The van der Waals surface area contributed by atoms with Crippen molar-refractivity contribution in [3.8, 4) is 5.88 Å². The zero-order valence-corrected chi connectivity index (χ0v) is 11.2. The lowest BCUT2D eigenvalue weighted by Crippen LogP contribution is -2.27. The van der Waals surface area contributed by atoms with Crippen LogP contribution in [0.15, 0.2) is 4.79 Å². The normalized spacial score (nSPS) is 22.4. The number of hydrogen-bond acceptors (Lipinski definition) is 3. The van der Waals surface area contributed by atoms with Crippen molar-refractivity contribution in [1.82, 2.24) is 10.2 Å². The van der Waals surface area contributed by atoms with Gasteiger partial charge in [0.15, 0.2) is 0 Å². The molecule has 0 atom stereocenters. The maximum absolute atomic E-state index is 11.8. The van der Waals surface area contributed by atoms with Crippen molar-refractivity contribution in [2.75, 3.05) is 0 Å². The quantitative estimate of drug-likeness (QED) is 0.903.